The molecular weight excluding hydrogens is 462 g/mol. The minimum atomic E-state index is -0.352. The predicted molar refractivity (Wildman–Crippen MR) is 140 cm³/mol. The van der Waals surface area contributed by atoms with Crippen molar-refractivity contribution in [3.63, 3.8) is 0 Å². The van der Waals surface area contributed by atoms with Crippen LogP contribution in [0.5, 0.6) is 34.5 Å². The van der Waals surface area contributed by atoms with Crippen LogP contribution in [0.4, 0.5) is 5.69 Å². The number of phenolic OH excluding ortho intramolecular Hbond substituents is 1. The van der Waals surface area contributed by atoms with E-state index in [1.165, 1.54) is 26.4 Å². The van der Waals surface area contributed by atoms with Crippen molar-refractivity contribution in [1.29, 1.82) is 0 Å². The number of methoxy groups -OCH3 is 5. The number of phenols is 1. The first-order chi connectivity index (χ1) is 17.4. The number of benzene rings is 3. The van der Waals surface area contributed by atoms with Crippen molar-refractivity contribution >= 4 is 29.8 Å². The Bertz CT molecular complexity index is 1260. The molecule has 3 rings (SSSR count). The molecule has 0 bridgehead atoms. The minimum absolute atomic E-state index is 0.00619. The molecule has 0 spiro atoms. The zero-order valence-electron chi connectivity index (χ0n) is 20.8. The number of aromatic hydroxyl groups is 1. The highest BCUT2D eigenvalue weighted by molar-refractivity contribution is 6.03. The van der Waals surface area contributed by atoms with E-state index in [0.717, 1.165) is 11.1 Å². The lowest BCUT2D eigenvalue weighted by Gasteiger charge is -2.13. The summed E-state index contributed by atoms with van der Waals surface area (Å²) in [6.07, 6.45) is 6.76. The van der Waals surface area contributed by atoms with Gasteiger partial charge in [0.1, 0.15) is 5.75 Å². The van der Waals surface area contributed by atoms with Crippen LogP contribution in [0, 0.1) is 0 Å². The Balaban J connectivity index is 1.80. The van der Waals surface area contributed by atoms with Crippen LogP contribution in [0.25, 0.3) is 18.2 Å². The molecule has 0 aliphatic heterocycles. The first kappa shape index (κ1) is 26.0. The second-order valence-electron chi connectivity index (χ2n) is 7.51. The number of carbonyl (C=O) groups excluding carboxylic acids is 1. The molecule has 0 heterocycles. The first-order valence-corrected chi connectivity index (χ1v) is 10.9. The second-order valence-corrected chi connectivity index (χ2v) is 7.51. The number of hydrogen-bond acceptors (Lipinski definition) is 7. The van der Waals surface area contributed by atoms with E-state index in [4.69, 9.17) is 23.7 Å². The number of ether oxygens (including phenoxy) is 5. The minimum Gasteiger partial charge on any atom is -0.504 e. The second kappa shape index (κ2) is 12.2. The van der Waals surface area contributed by atoms with Gasteiger partial charge in [0.25, 0.3) is 0 Å². The van der Waals surface area contributed by atoms with Gasteiger partial charge in [-0.15, -0.1) is 0 Å². The first-order valence-electron chi connectivity index (χ1n) is 10.9. The van der Waals surface area contributed by atoms with Gasteiger partial charge in [-0.25, -0.2) is 0 Å². The molecule has 188 valence electrons. The standard InChI is InChI=1S/C28H29NO7/c1-32-23-11-8-18(6-7-20-16-25(34-3)28(36-5)26(17-20)35-4)14-21(23)29-27(31)13-10-19-9-12-24(33-2)22(30)15-19/h6-17,30H,1-5H3,(H,29,31)/b7-6?,13-10+. The summed E-state index contributed by atoms with van der Waals surface area (Å²) >= 11 is 0. The fourth-order valence-electron chi connectivity index (χ4n) is 3.47. The van der Waals surface area contributed by atoms with E-state index in [0.29, 0.717) is 40.0 Å². The Morgan fingerprint density at radius 2 is 1.22 bits per heavy atom. The average Bonchev–Trinajstić information content (AvgIpc) is 2.90. The summed E-state index contributed by atoms with van der Waals surface area (Å²) in [4.78, 5) is 12.6. The summed E-state index contributed by atoms with van der Waals surface area (Å²) < 4.78 is 26.6. The molecule has 0 aromatic heterocycles. The van der Waals surface area contributed by atoms with E-state index in [1.54, 1.807) is 51.7 Å². The van der Waals surface area contributed by atoms with Crippen LogP contribution in [0.2, 0.25) is 0 Å². The lowest BCUT2D eigenvalue weighted by Crippen LogP contribution is -2.09. The Hall–Kier alpha value is -4.59. The van der Waals surface area contributed by atoms with Crippen molar-refractivity contribution in [2.45, 2.75) is 0 Å². The molecule has 3 aromatic rings. The molecule has 0 saturated heterocycles. The third kappa shape index (κ3) is 6.29. The number of hydrogen-bond donors (Lipinski definition) is 2. The smallest absolute Gasteiger partial charge is 0.248 e. The monoisotopic (exact) mass is 491 g/mol. The van der Waals surface area contributed by atoms with Crippen LogP contribution in [0.15, 0.2) is 54.6 Å². The molecule has 1 amide bonds. The molecule has 2 N–H and O–H groups in total. The molecule has 0 unspecified atom stereocenters. The Morgan fingerprint density at radius 1 is 0.667 bits per heavy atom. The number of amides is 1. The van der Waals surface area contributed by atoms with Crippen molar-refractivity contribution < 1.29 is 33.6 Å². The van der Waals surface area contributed by atoms with Crippen LogP contribution in [-0.2, 0) is 4.79 Å². The van der Waals surface area contributed by atoms with Gasteiger partial charge in [-0.2, -0.15) is 0 Å². The molecule has 0 atom stereocenters. The zero-order chi connectivity index (χ0) is 26.1. The lowest BCUT2D eigenvalue weighted by atomic mass is 10.1. The summed E-state index contributed by atoms with van der Waals surface area (Å²) in [5.74, 6) is 2.14. The van der Waals surface area contributed by atoms with Gasteiger partial charge >= 0.3 is 0 Å². The average molecular weight is 492 g/mol. The highest BCUT2D eigenvalue weighted by Crippen LogP contribution is 2.38. The van der Waals surface area contributed by atoms with Crippen molar-refractivity contribution in [1.82, 2.24) is 0 Å². The van der Waals surface area contributed by atoms with Crippen molar-refractivity contribution in [2.24, 2.45) is 0 Å². The fourth-order valence-corrected chi connectivity index (χ4v) is 3.47. The number of carbonyl (C=O) groups is 1. The van der Waals surface area contributed by atoms with Gasteiger partial charge in [0.15, 0.2) is 23.0 Å². The number of rotatable bonds is 10. The summed E-state index contributed by atoms with van der Waals surface area (Å²) in [5.41, 5.74) is 2.84. The Labute approximate surface area is 210 Å². The molecule has 36 heavy (non-hydrogen) atoms. The van der Waals surface area contributed by atoms with E-state index >= 15 is 0 Å². The third-order valence-electron chi connectivity index (χ3n) is 5.27. The van der Waals surface area contributed by atoms with Crippen molar-refractivity contribution in [3.8, 4) is 34.5 Å². The van der Waals surface area contributed by atoms with Gasteiger partial charge in [0.05, 0.1) is 41.2 Å². The van der Waals surface area contributed by atoms with Crippen molar-refractivity contribution in [2.75, 3.05) is 40.9 Å². The molecule has 0 saturated carbocycles. The molecule has 0 aliphatic carbocycles. The molecule has 0 radical (unpaired) electrons. The van der Waals surface area contributed by atoms with Gasteiger partial charge in [0.2, 0.25) is 11.7 Å². The SMILES string of the molecule is COc1ccc(/C=C/C(=O)Nc2cc(C=Cc3cc(OC)c(OC)c(OC)c3)ccc2OC)cc1O. The number of nitrogens with one attached hydrogen (secondary N) is 1. The summed E-state index contributed by atoms with van der Waals surface area (Å²) in [5, 5.41) is 12.7. The van der Waals surface area contributed by atoms with Gasteiger partial charge in [-0.1, -0.05) is 24.3 Å². The van der Waals surface area contributed by atoms with Gasteiger partial charge in [-0.05, 0) is 59.2 Å². The highest BCUT2D eigenvalue weighted by Gasteiger charge is 2.12. The predicted octanol–water partition coefficient (Wildman–Crippen LogP) is 5.26. The summed E-state index contributed by atoms with van der Waals surface area (Å²) in [7, 11) is 7.69. The maximum absolute atomic E-state index is 12.6. The molecule has 3 aromatic carbocycles. The maximum Gasteiger partial charge on any atom is 0.248 e. The van der Waals surface area contributed by atoms with Crippen molar-refractivity contribution in [3.05, 3.63) is 71.3 Å². The highest BCUT2D eigenvalue weighted by atomic mass is 16.5. The van der Waals surface area contributed by atoms with Crippen LogP contribution in [-0.4, -0.2) is 46.6 Å². The molecule has 8 nitrogen and oxygen atoms in total. The normalized spacial score (nSPS) is 10.9. The largest absolute Gasteiger partial charge is 0.504 e. The molecule has 0 fully saturated rings. The van der Waals surface area contributed by atoms with Crippen LogP contribution < -0.4 is 29.0 Å². The molecule has 8 heteroatoms. The molecular formula is C28H29NO7. The van der Waals surface area contributed by atoms with Crippen LogP contribution >= 0.6 is 0 Å². The summed E-state index contributed by atoms with van der Waals surface area (Å²) in [6.45, 7) is 0. The van der Waals surface area contributed by atoms with Gasteiger partial charge in [-0.3, -0.25) is 4.79 Å². The summed E-state index contributed by atoms with van der Waals surface area (Å²) in [6, 6.07) is 14.0. The number of anilines is 1. The zero-order valence-corrected chi connectivity index (χ0v) is 20.8. The van der Waals surface area contributed by atoms with E-state index in [9.17, 15) is 9.90 Å². The topological polar surface area (TPSA) is 95.5 Å². The Morgan fingerprint density at radius 3 is 1.78 bits per heavy atom. The quantitative estimate of drug-likeness (QED) is 0.295. The van der Waals surface area contributed by atoms with Gasteiger partial charge < -0.3 is 34.1 Å². The van der Waals surface area contributed by atoms with Crippen LogP contribution in [0.3, 0.4) is 0 Å². The fraction of sp³-hybridized carbons (Fsp3) is 0.179. The van der Waals surface area contributed by atoms with E-state index in [2.05, 4.69) is 5.32 Å². The van der Waals surface area contributed by atoms with Gasteiger partial charge in [0, 0.05) is 6.08 Å². The van der Waals surface area contributed by atoms with Crippen LogP contribution in [0.1, 0.15) is 16.7 Å². The van der Waals surface area contributed by atoms with E-state index in [1.807, 2.05) is 30.4 Å². The Kier molecular flexibility index (Phi) is 8.83. The van der Waals surface area contributed by atoms with E-state index in [-0.39, 0.29) is 11.7 Å². The van der Waals surface area contributed by atoms with E-state index < -0.39 is 0 Å². The third-order valence-corrected chi connectivity index (χ3v) is 5.27. The maximum atomic E-state index is 12.6. The molecule has 0 aliphatic rings. The lowest BCUT2D eigenvalue weighted by molar-refractivity contribution is -0.111.